The molecule has 0 heterocycles. The molecule has 0 bridgehead atoms. The lowest BCUT2D eigenvalue weighted by molar-refractivity contribution is 0.408. The highest BCUT2D eigenvalue weighted by Crippen LogP contribution is 2.33. The maximum absolute atomic E-state index is 6.12. The zero-order valence-corrected chi connectivity index (χ0v) is 11.8. The molecule has 0 spiro atoms. The summed E-state index contributed by atoms with van der Waals surface area (Å²) in [5.41, 5.74) is 11.0. The summed E-state index contributed by atoms with van der Waals surface area (Å²) < 4.78 is 5.45. The first-order valence-electron chi connectivity index (χ1n) is 6.71. The molecule has 3 nitrogen and oxygen atoms in total. The first kappa shape index (κ1) is 13.2. The van der Waals surface area contributed by atoms with Crippen molar-refractivity contribution in [2.45, 2.75) is 52.1 Å². The molecule has 2 unspecified atom stereocenters. The van der Waals surface area contributed by atoms with Gasteiger partial charge in [0, 0.05) is 17.8 Å². The van der Waals surface area contributed by atoms with Crippen molar-refractivity contribution < 1.29 is 4.74 Å². The van der Waals surface area contributed by atoms with Gasteiger partial charge in [-0.25, -0.2) is 0 Å². The molecule has 0 saturated heterocycles. The lowest BCUT2D eigenvalue weighted by Crippen LogP contribution is -2.35. The summed E-state index contributed by atoms with van der Waals surface area (Å²) >= 11 is 0. The van der Waals surface area contributed by atoms with Gasteiger partial charge in [-0.05, 0) is 62.8 Å². The van der Waals surface area contributed by atoms with E-state index in [1.807, 2.05) is 0 Å². The molecule has 0 aliphatic heterocycles. The Morgan fingerprint density at radius 2 is 1.94 bits per heavy atom. The van der Waals surface area contributed by atoms with Gasteiger partial charge in [0.15, 0.2) is 0 Å². The number of nitrogens with one attached hydrogen (secondary N) is 1. The zero-order valence-electron chi connectivity index (χ0n) is 11.8. The predicted octanol–water partition coefficient (Wildman–Crippen LogP) is 2.91. The molecule has 0 radical (unpaired) electrons. The van der Waals surface area contributed by atoms with Crippen LogP contribution >= 0.6 is 0 Å². The molecule has 3 heteroatoms. The Bertz CT molecular complexity index is 443. The lowest BCUT2D eigenvalue weighted by Gasteiger charge is -2.22. The fourth-order valence-corrected chi connectivity index (χ4v) is 2.89. The summed E-state index contributed by atoms with van der Waals surface area (Å²) in [5.74, 6) is 0.994. The minimum Gasteiger partial charge on any atom is -0.496 e. The van der Waals surface area contributed by atoms with Gasteiger partial charge in [-0.15, -0.1) is 0 Å². The molecular formula is C15H24N2O. The second-order valence-corrected chi connectivity index (χ2v) is 5.37. The number of ether oxygens (including phenoxy) is 1. The summed E-state index contributed by atoms with van der Waals surface area (Å²) in [4.78, 5) is 0. The van der Waals surface area contributed by atoms with Crippen LogP contribution in [0.5, 0.6) is 5.75 Å². The summed E-state index contributed by atoms with van der Waals surface area (Å²) in [5, 5.41) is 3.61. The molecule has 0 aromatic heterocycles. The molecule has 0 amide bonds. The van der Waals surface area contributed by atoms with Gasteiger partial charge < -0.3 is 15.8 Å². The standard InChI is InChI=1S/C15H24N2O/c1-9-8-14(10(2)11(3)15(9)18-4)17-13-7-5-6-12(13)16/h8,12-13,17H,5-7,16H2,1-4H3. The third kappa shape index (κ3) is 2.32. The molecule has 1 aromatic carbocycles. The van der Waals surface area contributed by atoms with Gasteiger partial charge in [-0.2, -0.15) is 0 Å². The van der Waals surface area contributed by atoms with Crippen molar-refractivity contribution in [3.8, 4) is 5.75 Å². The molecule has 3 N–H and O–H groups in total. The number of benzene rings is 1. The highest BCUT2D eigenvalue weighted by Gasteiger charge is 2.24. The predicted molar refractivity (Wildman–Crippen MR) is 76.4 cm³/mol. The van der Waals surface area contributed by atoms with Gasteiger partial charge in [0.1, 0.15) is 5.75 Å². The van der Waals surface area contributed by atoms with E-state index >= 15 is 0 Å². The van der Waals surface area contributed by atoms with Gasteiger partial charge >= 0.3 is 0 Å². The van der Waals surface area contributed by atoms with Crippen molar-refractivity contribution in [1.82, 2.24) is 0 Å². The van der Waals surface area contributed by atoms with Gasteiger partial charge in [0.2, 0.25) is 0 Å². The third-order valence-corrected chi connectivity index (χ3v) is 4.14. The van der Waals surface area contributed by atoms with E-state index in [9.17, 15) is 0 Å². The minimum atomic E-state index is 0.284. The molecule has 1 aromatic rings. The topological polar surface area (TPSA) is 47.3 Å². The fourth-order valence-electron chi connectivity index (χ4n) is 2.89. The molecule has 1 aliphatic carbocycles. The lowest BCUT2D eigenvalue weighted by atomic mass is 10.0. The monoisotopic (exact) mass is 248 g/mol. The number of nitrogens with two attached hydrogens (primary N) is 1. The number of hydrogen-bond acceptors (Lipinski definition) is 3. The van der Waals surface area contributed by atoms with Gasteiger partial charge in [0.25, 0.3) is 0 Å². The van der Waals surface area contributed by atoms with Crippen LogP contribution in [0.25, 0.3) is 0 Å². The molecule has 1 saturated carbocycles. The smallest absolute Gasteiger partial charge is 0.125 e. The Labute approximate surface area is 110 Å². The Kier molecular flexibility index (Phi) is 3.81. The number of aryl methyl sites for hydroxylation is 1. The van der Waals surface area contributed by atoms with E-state index in [-0.39, 0.29) is 6.04 Å². The molecule has 1 aliphatic rings. The largest absolute Gasteiger partial charge is 0.496 e. The Morgan fingerprint density at radius 3 is 2.50 bits per heavy atom. The first-order valence-corrected chi connectivity index (χ1v) is 6.71. The van der Waals surface area contributed by atoms with Gasteiger partial charge in [-0.3, -0.25) is 0 Å². The molecule has 2 rings (SSSR count). The SMILES string of the molecule is COc1c(C)cc(NC2CCCC2N)c(C)c1C. The van der Waals surface area contributed by atoms with E-state index < -0.39 is 0 Å². The highest BCUT2D eigenvalue weighted by atomic mass is 16.5. The van der Waals surface area contributed by atoms with Crippen LogP contribution in [0.15, 0.2) is 6.07 Å². The van der Waals surface area contributed by atoms with Crippen LogP contribution in [0.3, 0.4) is 0 Å². The van der Waals surface area contributed by atoms with Crippen molar-refractivity contribution >= 4 is 5.69 Å². The van der Waals surface area contributed by atoms with Crippen LogP contribution in [-0.2, 0) is 0 Å². The van der Waals surface area contributed by atoms with E-state index in [4.69, 9.17) is 10.5 Å². The van der Waals surface area contributed by atoms with E-state index in [1.54, 1.807) is 7.11 Å². The summed E-state index contributed by atoms with van der Waals surface area (Å²) in [6.07, 6.45) is 3.53. The van der Waals surface area contributed by atoms with Crippen LogP contribution < -0.4 is 15.8 Å². The second-order valence-electron chi connectivity index (χ2n) is 5.37. The van der Waals surface area contributed by atoms with E-state index in [0.29, 0.717) is 6.04 Å². The third-order valence-electron chi connectivity index (χ3n) is 4.14. The molecule has 1 fully saturated rings. The van der Waals surface area contributed by atoms with Crippen LogP contribution in [0, 0.1) is 20.8 Å². The minimum absolute atomic E-state index is 0.284. The Balaban J connectivity index is 2.28. The Hall–Kier alpha value is -1.22. The van der Waals surface area contributed by atoms with Crippen molar-refractivity contribution in [3.63, 3.8) is 0 Å². The summed E-state index contributed by atoms with van der Waals surface area (Å²) in [7, 11) is 1.73. The van der Waals surface area contributed by atoms with Crippen LogP contribution in [0.4, 0.5) is 5.69 Å². The number of methoxy groups -OCH3 is 1. The number of anilines is 1. The van der Waals surface area contributed by atoms with Gasteiger partial charge in [-0.1, -0.05) is 0 Å². The summed E-state index contributed by atoms with van der Waals surface area (Å²) in [6, 6.07) is 2.87. The van der Waals surface area contributed by atoms with Crippen molar-refractivity contribution in [2.24, 2.45) is 5.73 Å². The first-order chi connectivity index (χ1) is 8.54. The van der Waals surface area contributed by atoms with E-state index in [1.165, 1.54) is 35.2 Å². The van der Waals surface area contributed by atoms with Crippen molar-refractivity contribution in [3.05, 3.63) is 22.8 Å². The average Bonchev–Trinajstić information content (AvgIpc) is 2.72. The number of rotatable bonds is 3. The maximum Gasteiger partial charge on any atom is 0.125 e. The van der Waals surface area contributed by atoms with Crippen LogP contribution in [0.2, 0.25) is 0 Å². The molecule has 100 valence electrons. The molecular weight excluding hydrogens is 224 g/mol. The van der Waals surface area contributed by atoms with E-state index in [2.05, 4.69) is 32.2 Å². The average molecular weight is 248 g/mol. The Morgan fingerprint density at radius 1 is 1.22 bits per heavy atom. The summed E-state index contributed by atoms with van der Waals surface area (Å²) in [6.45, 7) is 6.34. The molecule has 2 atom stereocenters. The fraction of sp³-hybridized carbons (Fsp3) is 0.600. The zero-order chi connectivity index (χ0) is 13.3. The second kappa shape index (κ2) is 5.19. The quantitative estimate of drug-likeness (QED) is 0.864. The highest BCUT2D eigenvalue weighted by molar-refractivity contribution is 5.62. The number of hydrogen-bond donors (Lipinski definition) is 2. The van der Waals surface area contributed by atoms with Crippen LogP contribution in [0.1, 0.15) is 36.0 Å². The van der Waals surface area contributed by atoms with Gasteiger partial charge in [0.05, 0.1) is 7.11 Å². The van der Waals surface area contributed by atoms with E-state index in [0.717, 1.165) is 12.2 Å². The molecule has 18 heavy (non-hydrogen) atoms. The van der Waals surface area contributed by atoms with Crippen molar-refractivity contribution in [2.75, 3.05) is 12.4 Å². The van der Waals surface area contributed by atoms with Crippen molar-refractivity contribution in [1.29, 1.82) is 0 Å². The maximum atomic E-state index is 6.12. The normalized spacial score (nSPS) is 23.2. The van der Waals surface area contributed by atoms with Crippen LogP contribution in [-0.4, -0.2) is 19.2 Å².